The van der Waals surface area contributed by atoms with Gasteiger partial charge in [-0.2, -0.15) is 4.31 Å². The number of aliphatic carboxylic acids is 1. The molecular formula is C24H32N2O5S2. The van der Waals surface area contributed by atoms with Crippen LogP contribution in [-0.2, 0) is 19.6 Å². The molecule has 9 heteroatoms. The minimum absolute atomic E-state index is 0.102. The summed E-state index contributed by atoms with van der Waals surface area (Å²) in [6, 6.07) is 13.6. The first-order valence-corrected chi connectivity index (χ1v) is 13.3. The number of benzene rings is 2. The molecule has 7 nitrogen and oxygen atoms in total. The van der Waals surface area contributed by atoms with Gasteiger partial charge < -0.3 is 9.84 Å². The Morgan fingerprint density at radius 2 is 1.61 bits per heavy atom. The van der Waals surface area contributed by atoms with E-state index in [0.717, 1.165) is 14.1 Å². The van der Waals surface area contributed by atoms with Gasteiger partial charge in [0, 0.05) is 36.0 Å². The molecule has 3 rings (SSSR count). The zero-order valence-electron chi connectivity index (χ0n) is 19.3. The number of hydrogen-bond donors (Lipinski definition) is 1. The van der Waals surface area contributed by atoms with Gasteiger partial charge in [-0.1, -0.05) is 43.3 Å². The highest BCUT2D eigenvalue weighted by molar-refractivity contribution is 7.99. The fourth-order valence-electron chi connectivity index (χ4n) is 3.77. The smallest absolute Gasteiger partial charge is 0.322 e. The maximum Gasteiger partial charge on any atom is 0.322 e. The van der Waals surface area contributed by atoms with Crippen LogP contribution in [0.15, 0.2) is 63.2 Å². The molecule has 0 radical (unpaired) electrons. The zero-order chi connectivity index (χ0) is 24.0. The van der Waals surface area contributed by atoms with Crippen LogP contribution in [0.4, 0.5) is 0 Å². The Kier molecular flexibility index (Phi) is 8.95. The van der Waals surface area contributed by atoms with Crippen LogP contribution in [0.3, 0.4) is 0 Å². The quantitative estimate of drug-likeness (QED) is 0.542. The summed E-state index contributed by atoms with van der Waals surface area (Å²) in [7, 11) is -4.00. The van der Waals surface area contributed by atoms with E-state index in [1.165, 1.54) is 5.56 Å². The number of morpholine rings is 1. The van der Waals surface area contributed by atoms with Crippen molar-refractivity contribution in [3.63, 3.8) is 0 Å². The minimum Gasteiger partial charge on any atom is -0.480 e. The largest absolute Gasteiger partial charge is 0.480 e. The first-order chi connectivity index (χ1) is 15.7. The van der Waals surface area contributed by atoms with Crippen molar-refractivity contribution in [3.05, 3.63) is 54.1 Å². The topological polar surface area (TPSA) is 87.2 Å². The van der Waals surface area contributed by atoms with Crippen molar-refractivity contribution in [3.8, 4) is 0 Å². The third-order valence-electron chi connectivity index (χ3n) is 5.62. The molecule has 2 aromatic carbocycles. The van der Waals surface area contributed by atoms with Crippen molar-refractivity contribution in [1.29, 1.82) is 0 Å². The number of hydrogen-bond acceptors (Lipinski definition) is 6. The van der Waals surface area contributed by atoms with Crippen molar-refractivity contribution >= 4 is 27.8 Å². The summed E-state index contributed by atoms with van der Waals surface area (Å²) in [6.07, 6.45) is 0. The molecule has 0 saturated carbocycles. The lowest BCUT2D eigenvalue weighted by molar-refractivity contribution is -0.143. The first-order valence-electron chi connectivity index (χ1n) is 11.1. The highest BCUT2D eigenvalue weighted by atomic mass is 32.2. The Morgan fingerprint density at radius 3 is 2.12 bits per heavy atom. The summed E-state index contributed by atoms with van der Waals surface area (Å²) >= 11 is 1.55. The van der Waals surface area contributed by atoms with Gasteiger partial charge in [0.15, 0.2) is 0 Å². The van der Waals surface area contributed by atoms with Crippen molar-refractivity contribution in [2.24, 2.45) is 5.92 Å². The van der Waals surface area contributed by atoms with Crippen LogP contribution in [0.25, 0.3) is 0 Å². The average molecular weight is 493 g/mol. The Labute approximate surface area is 200 Å². The van der Waals surface area contributed by atoms with Crippen LogP contribution < -0.4 is 0 Å². The minimum atomic E-state index is -4.00. The van der Waals surface area contributed by atoms with Gasteiger partial charge in [0.25, 0.3) is 0 Å². The van der Waals surface area contributed by atoms with Gasteiger partial charge in [-0.05, 0) is 49.2 Å². The maximum atomic E-state index is 13.6. The van der Waals surface area contributed by atoms with Crippen LogP contribution in [0.2, 0.25) is 0 Å². The first kappa shape index (κ1) is 25.7. The van der Waals surface area contributed by atoms with Crippen LogP contribution >= 0.6 is 11.8 Å². The summed E-state index contributed by atoms with van der Waals surface area (Å²) in [6.45, 7) is 8.67. The molecule has 0 bridgehead atoms. The average Bonchev–Trinajstić information content (AvgIpc) is 2.78. The molecular weight excluding hydrogens is 460 g/mol. The highest BCUT2D eigenvalue weighted by Gasteiger charge is 2.38. The molecule has 1 fully saturated rings. The molecule has 33 heavy (non-hydrogen) atoms. The van der Waals surface area contributed by atoms with Gasteiger partial charge in [-0.3, -0.25) is 9.69 Å². The normalized spacial score (nSPS) is 16.3. The van der Waals surface area contributed by atoms with E-state index < -0.39 is 22.0 Å². The second-order valence-electron chi connectivity index (χ2n) is 8.48. The molecule has 1 saturated heterocycles. The Hall–Kier alpha value is -1.91. The van der Waals surface area contributed by atoms with E-state index in [1.807, 2.05) is 31.2 Å². The molecule has 0 amide bonds. The van der Waals surface area contributed by atoms with Gasteiger partial charge in [0.05, 0.1) is 18.1 Å². The highest BCUT2D eigenvalue weighted by Crippen LogP contribution is 2.30. The fourth-order valence-corrected chi connectivity index (χ4v) is 6.29. The van der Waals surface area contributed by atoms with Gasteiger partial charge >= 0.3 is 5.97 Å². The summed E-state index contributed by atoms with van der Waals surface area (Å²) < 4.78 is 33.7. The summed E-state index contributed by atoms with van der Waals surface area (Å²) in [5.41, 5.74) is 1.18. The molecule has 0 spiro atoms. The van der Waals surface area contributed by atoms with Crippen LogP contribution in [-0.4, -0.2) is 74.1 Å². The molecule has 0 unspecified atom stereocenters. The van der Waals surface area contributed by atoms with E-state index in [9.17, 15) is 18.3 Å². The molecule has 0 aromatic heterocycles. The number of nitrogens with zero attached hydrogens (tertiary/aromatic N) is 2. The van der Waals surface area contributed by atoms with E-state index in [2.05, 4.69) is 4.90 Å². The number of rotatable bonds is 10. The van der Waals surface area contributed by atoms with Crippen LogP contribution in [0.1, 0.15) is 19.4 Å². The second-order valence-corrected chi connectivity index (χ2v) is 11.5. The number of aryl methyl sites for hydroxylation is 1. The van der Waals surface area contributed by atoms with E-state index in [-0.39, 0.29) is 17.4 Å². The molecule has 180 valence electrons. The van der Waals surface area contributed by atoms with Crippen LogP contribution in [0, 0.1) is 12.8 Å². The molecule has 0 aliphatic carbocycles. The summed E-state index contributed by atoms with van der Waals surface area (Å²) in [4.78, 5) is 16.2. The van der Waals surface area contributed by atoms with E-state index in [1.54, 1.807) is 49.9 Å². The maximum absolute atomic E-state index is 13.6. The molecule has 1 aliphatic heterocycles. The number of sulfonamides is 1. The molecule has 1 atom stereocenters. The third kappa shape index (κ3) is 6.80. The van der Waals surface area contributed by atoms with Crippen molar-refractivity contribution in [2.45, 2.75) is 41.5 Å². The lowest BCUT2D eigenvalue weighted by Gasteiger charge is -2.33. The molecule has 2 aromatic rings. The lowest BCUT2D eigenvalue weighted by atomic mass is 10.0. The number of ether oxygens (including phenoxy) is 1. The van der Waals surface area contributed by atoms with Crippen molar-refractivity contribution in [1.82, 2.24) is 9.21 Å². The third-order valence-corrected chi connectivity index (χ3v) is 8.53. The van der Waals surface area contributed by atoms with Crippen molar-refractivity contribution in [2.75, 3.05) is 39.4 Å². The predicted molar refractivity (Wildman–Crippen MR) is 129 cm³/mol. The molecule has 1 heterocycles. The Bertz CT molecular complexity index is 1020. The second kappa shape index (κ2) is 11.5. The summed E-state index contributed by atoms with van der Waals surface area (Å²) in [5.74, 6) is -1.51. The summed E-state index contributed by atoms with van der Waals surface area (Å²) in [5, 5.41) is 9.85. The fraction of sp³-hybridized carbons (Fsp3) is 0.458. The SMILES string of the molecule is Cc1ccc(Sc2ccc(S(=O)(=O)N(CCN3CCOCC3)[C@H](C(=O)O)C(C)C)cc2)cc1. The number of carbonyl (C=O) groups is 1. The van der Waals surface area contributed by atoms with Gasteiger partial charge in [-0.15, -0.1) is 0 Å². The molecule has 1 N–H and O–H groups in total. The lowest BCUT2D eigenvalue weighted by Crippen LogP contribution is -2.51. The van der Waals surface area contributed by atoms with E-state index in [0.29, 0.717) is 32.8 Å². The number of carboxylic acids is 1. The van der Waals surface area contributed by atoms with Crippen LogP contribution in [0.5, 0.6) is 0 Å². The van der Waals surface area contributed by atoms with Gasteiger partial charge in [-0.25, -0.2) is 8.42 Å². The van der Waals surface area contributed by atoms with Gasteiger partial charge in [0.2, 0.25) is 10.0 Å². The molecule has 1 aliphatic rings. The van der Waals surface area contributed by atoms with E-state index in [4.69, 9.17) is 4.74 Å². The van der Waals surface area contributed by atoms with Crippen molar-refractivity contribution < 1.29 is 23.1 Å². The van der Waals surface area contributed by atoms with E-state index >= 15 is 0 Å². The standard InChI is InChI=1S/C24H32N2O5S2/c1-18(2)23(24(27)28)26(13-12-25-14-16-31-17-15-25)33(29,30)22-10-8-21(9-11-22)32-20-6-4-19(3)5-7-20/h4-11,18,23H,12-17H2,1-3H3,(H,27,28)/t23-/m0/s1. The monoisotopic (exact) mass is 492 g/mol. The number of carboxylic acid groups (broad SMARTS) is 1. The Morgan fingerprint density at radius 1 is 1.06 bits per heavy atom. The Balaban J connectivity index is 1.82. The predicted octanol–water partition coefficient (Wildman–Crippen LogP) is 3.58. The van der Waals surface area contributed by atoms with Gasteiger partial charge in [0.1, 0.15) is 6.04 Å². The zero-order valence-corrected chi connectivity index (χ0v) is 20.9.